The predicted molar refractivity (Wildman–Crippen MR) is 55.3 cm³/mol. The molecule has 0 bridgehead atoms. The number of carbonyl (C=O) groups excluding carboxylic acids is 1. The number of hydrogen-bond donors (Lipinski definition) is 0. The maximum absolute atomic E-state index is 11.7. The molecule has 0 amide bonds. The van der Waals surface area contributed by atoms with Crippen molar-refractivity contribution in [2.75, 3.05) is 27.3 Å². The van der Waals surface area contributed by atoms with E-state index in [0.29, 0.717) is 32.5 Å². The standard InChI is InChI=1S/C11H17NO3/c1-12(2)8-9-7-11(4-3-10(9)13)14-5-6-15-11/h8H,3-7H2,1-2H3/b9-8+. The van der Waals surface area contributed by atoms with Gasteiger partial charge in [0, 0.05) is 45.1 Å². The molecule has 15 heavy (non-hydrogen) atoms. The molecule has 1 saturated heterocycles. The van der Waals surface area contributed by atoms with Gasteiger partial charge in [0.2, 0.25) is 0 Å². The summed E-state index contributed by atoms with van der Waals surface area (Å²) in [5, 5.41) is 0. The molecule has 0 unspecified atom stereocenters. The Kier molecular flexibility index (Phi) is 2.80. The molecular formula is C11H17NO3. The molecule has 2 rings (SSSR count). The van der Waals surface area contributed by atoms with Crippen LogP contribution in [-0.4, -0.2) is 43.8 Å². The van der Waals surface area contributed by atoms with Gasteiger partial charge in [-0.3, -0.25) is 4.79 Å². The van der Waals surface area contributed by atoms with Crippen molar-refractivity contribution in [2.45, 2.75) is 25.0 Å². The molecule has 2 fully saturated rings. The van der Waals surface area contributed by atoms with E-state index in [-0.39, 0.29) is 5.78 Å². The maximum Gasteiger partial charge on any atom is 0.173 e. The summed E-state index contributed by atoms with van der Waals surface area (Å²) in [6.07, 6.45) is 3.68. The van der Waals surface area contributed by atoms with Gasteiger partial charge in [-0.25, -0.2) is 0 Å². The summed E-state index contributed by atoms with van der Waals surface area (Å²) >= 11 is 0. The molecule has 0 atom stereocenters. The van der Waals surface area contributed by atoms with Gasteiger partial charge in [0.15, 0.2) is 11.6 Å². The summed E-state index contributed by atoms with van der Waals surface area (Å²) in [6, 6.07) is 0. The number of Topliss-reactive ketones (excluding diaryl/α,β-unsaturated/α-hetero) is 1. The lowest BCUT2D eigenvalue weighted by Gasteiger charge is -2.32. The van der Waals surface area contributed by atoms with Crippen molar-refractivity contribution in [3.05, 3.63) is 11.8 Å². The zero-order valence-electron chi connectivity index (χ0n) is 9.28. The Morgan fingerprint density at radius 3 is 2.60 bits per heavy atom. The molecule has 0 N–H and O–H groups in total. The number of hydrogen-bond acceptors (Lipinski definition) is 4. The van der Waals surface area contributed by atoms with Gasteiger partial charge in [-0.1, -0.05) is 0 Å². The second-order valence-electron chi connectivity index (χ2n) is 4.33. The highest BCUT2D eigenvalue weighted by Crippen LogP contribution is 2.36. The van der Waals surface area contributed by atoms with Crippen molar-refractivity contribution in [2.24, 2.45) is 0 Å². The van der Waals surface area contributed by atoms with E-state index in [1.807, 2.05) is 25.2 Å². The summed E-state index contributed by atoms with van der Waals surface area (Å²) in [6.45, 7) is 1.28. The number of ether oxygens (including phenoxy) is 2. The quantitative estimate of drug-likeness (QED) is 0.605. The van der Waals surface area contributed by atoms with Crippen LogP contribution in [0.5, 0.6) is 0 Å². The van der Waals surface area contributed by atoms with Gasteiger partial charge in [-0.15, -0.1) is 0 Å². The van der Waals surface area contributed by atoms with Gasteiger partial charge < -0.3 is 14.4 Å². The van der Waals surface area contributed by atoms with Crippen LogP contribution >= 0.6 is 0 Å². The minimum Gasteiger partial charge on any atom is -0.383 e. The average Bonchev–Trinajstić information content (AvgIpc) is 2.60. The van der Waals surface area contributed by atoms with Crippen molar-refractivity contribution < 1.29 is 14.3 Å². The molecule has 1 heterocycles. The van der Waals surface area contributed by atoms with E-state index < -0.39 is 5.79 Å². The van der Waals surface area contributed by atoms with E-state index in [1.165, 1.54) is 0 Å². The highest BCUT2D eigenvalue weighted by Gasteiger charge is 2.42. The van der Waals surface area contributed by atoms with Crippen LogP contribution in [0.1, 0.15) is 19.3 Å². The third kappa shape index (κ3) is 2.21. The summed E-state index contributed by atoms with van der Waals surface area (Å²) in [5.74, 6) is -0.288. The lowest BCUT2D eigenvalue weighted by atomic mass is 9.89. The Hall–Kier alpha value is -0.870. The Bertz CT molecular complexity index is 290. The van der Waals surface area contributed by atoms with Gasteiger partial charge in [0.25, 0.3) is 0 Å². The molecule has 4 heteroatoms. The van der Waals surface area contributed by atoms with Crippen LogP contribution in [0, 0.1) is 0 Å². The fourth-order valence-corrected chi connectivity index (χ4v) is 2.11. The van der Waals surface area contributed by atoms with Crippen molar-refractivity contribution in [1.29, 1.82) is 0 Å². The van der Waals surface area contributed by atoms with Crippen molar-refractivity contribution in [3.8, 4) is 0 Å². The molecule has 2 aliphatic rings. The van der Waals surface area contributed by atoms with Crippen molar-refractivity contribution in [3.63, 3.8) is 0 Å². The molecule has 1 aliphatic heterocycles. The average molecular weight is 211 g/mol. The van der Waals surface area contributed by atoms with Gasteiger partial charge in [0.05, 0.1) is 13.2 Å². The topological polar surface area (TPSA) is 38.8 Å². The minimum absolute atomic E-state index is 0.216. The second kappa shape index (κ2) is 3.94. The molecule has 1 saturated carbocycles. The Balaban J connectivity index is 2.13. The first kappa shape index (κ1) is 10.6. The van der Waals surface area contributed by atoms with Crippen molar-refractivity contribution >= 4 is 5.78 Å². The molecule has 0 aromatic rings. The minimum atomic E-state index is -0.504. The number of carbonyl (C=O) groups is 1. The van der Waals surface area contributed by atoms with E-state index in [0.717, 1.165) is 5.57 Å². The third-order valence-electron chi connectivity index (χ3n) is 2.78. The predicted octanol–water partition coefficient (Wildman–Crippen LogP) is 0.928. The van der Waals surface area contributed by atoms with Crippen molar-refractivity contribution in [1.82, 2.24) is 4.90 Å². The Morgan fingerprint density at radius 1 is 1.33 bits per heavy atom. The third-order valence-corrected chi connectivity index (χ3v) is 2.78. The second-order valence-corrected chi connectivity index (χ2v) is 4.33. The molecule has 0 aromatic heterocycles. The van der Waals surface area contributed by atoms with E-state index in [4.69, 9.17) is 9.47 Å². The normalized spacial score (nSPS) is 27.6. The number of ketones is 1. The van der Waals surface area contributed by atoms with E-state index >= 15 is 0 Å². The lowest BCUT2D eigenvalue weighted by Crippen LogP contribution is -2.37. The molecule has 84 valence electrons. The van der Waals surface area contributed by atoms with Gasteiger partial charge >= 0.3 is 0 Å². The first-order valence-corrected chi connectivity index (χ1v) is 5.30. The monoisotopic (exact) mass is 211 g/mol. The fourth-order valence-electron chi connectivity index (χ4n) is 2.11. The fraction of sp³-hybridized carbons (Fsp3) is 0.727. The summed E-state index contributed by atoms with van der Waals surface area (Å²) < 4.78 is 11.2. The van der Waals surface area contributed by atoms with Gasteiger partial charge in [0.1, 0.15) is 0 Å². The first-order valence-electron chi connectivity index (χ1n) is 5.30. The SMILES string of the molecule is CN(C)/C=C1\CC2(CCC1=O)OCCO2. The largest absolute Gasteiger partial charge is 0.383 e. The van der Waals surface area contributed by atoms with Crippen LogP contribution in [0.25, 0.3) is 0 Å². The van der Waals surface area contributed by atoms with Crippen LogP contribution < -0.4 is 0 Å². The van der Waals surface area contributed by atoms with Crippen LogP contribution in [0.3, 0.4) is 0 Å². The molecular weight excluding hydrogens is 194 g/mol. The van der Waals surface area contributed by atoms with E-state index in [2.05, 4.69) is 0 Å². The van der Waals surface area contributed by atoms with Crippen LogP contribution in [0.4, 0.5) is 0 Å². The number of rotatable bonds is 1. The summed E-state index contributed by atoms with van der Waals surface area (Å²) in [5.41, 5.74) is 0.813. The summed E-state index contributed by atoms with van der Waals surface area (Å²) in [7, 11) is 3.83. The maximum atomic E-state index is 11.7. The molecule has 0 aromatic carbocycles. The Labute approximate surface area is 89.8 Å². The smallest absolute Gasteiger partial charge is 0.173 e. The lowest BCUT2D eigenvalue weighted by molar-refractivity contribution is -0.171. The molecule has 4 nitrogen and oxygen atoms in total. The van der Waals surface area contributed by atoms with Crippen LogP contribution in [0.2, 0.25) is 0 Å². The first-order chi connectivity index (χ1) is 7.11. The molecule has 1 spiro atoms. The van der Waals surface area contributed by atoms with E-state index in [1.54, 1.807) is 0 Å². The van der Waals surface area contributed by atoms with Crippen LogP contribution in [-0.2, 0) is 14.3 Å². The zero-order chi connectivity index (χ0) is 10.9. The number of nitrogens with zero attached hydrogens (tertiary/aromatic N) is 1. The Morgan fingerprint density at radius 2 is 2.00 bits per heavy atom. The zero-order valence-corrected chi connectivity index (χ0v) is 9.28. The highest BCUT2D eigenvalue weighted by atomic mass is 16.7. The van der Waals surface area contributed by atoms with Crippen LogP contribution in [0.15, 0.2) is 11.8 Å². The molecule has 0 radical (unpaired) electrons. The highest BCUT2D eigenvalue weighted by molar-refractivity contribution is 5.96. The van der Waals surface area contributed by atoms with Gasteiger partial charge in [-0.2, -0.15) is 0 Å². The van der Waals surface area contributed by atoms with Gasteiger partial charge in [-0.05, 0) is 0 Å². The molecule has 1 aliphatic carbocycles. The van der Waals surface area contributed by atoms with E-state index in [9.17, 15) is 4.79 Å². The summed E-state index contributed by atoms with van der Waals surface area (Å²) in [4.78, 5) is 13.6.